The van der Waals surface area contributed by atoms with Crippen LogP contribution in [0.5, 0.6) is 0 Å². The summed E-state index contributed by atoms with van der Waals surface area (Å²) in [5.41, 5.74) is 4.94. The van der Waals surface area contributed by atoms with Crippen molar-refractivity contribution in [3.8, 4) is 0 Å². The molecule has 1 aromatic carbocycles. The van der Waals surface area contributed by atoms with Crippen molar-refractivity contribution in [3.05, 3.63) is 34.4 Å². The van der Waals surface area contributed by atoms with Crippen LogP contribution in [0.2, 0.25) is 0 Å². The fourth-order valence-electron chi connectivity index (χ4n) is 3.07. The Morgan fingerprint density at radius 1 is 0.889 bits per heavy atom. The summed E-state index contributed by atoms with van der Waals surface area (Å²) in [5.74, 6) is -0.0848. The summed E-state index contributed by atoms with van der Waals surface area (Å²) in [6, 6.07) is 4.25. The topological polar surface area (TPSA) is 49.7 Å². The average Bonchev–Trinajstić information content (AvgIpc) is 2.56. The Kier molecular flexibility index (Phi) is 2.90. The fourth-order valence-corrected chi connectivity index (χ4v) is 3.07. The number of nitrogens with zero attached hydrogens (tertiary/aromatic N) is 1. The highest BCUT2D eigenvalue weighted by atomic mass is 16.4. The number of ketones is 1. The molecule has 3 rings (SSSR count). The van der Waals surface area contributed by atoms with Gasteiger partial charge in [-0.3, -0.25) is 4.79 Å². The molecule has 0 saturated heterocycles. The van der Waals surface area contributed by atoms with Crippen LogP contribution in [0.1, 0.15) is 52.7 Å². The van der Waals surface area contributed by atoms with Gasteiger partial charge in [0.15, 0.2) is 0 Å². The predicted molar refractivity (Wildman–Crippen MR) is 69.6 cm³/mol. The van der Waals surface area contributed by atoms with E-state index in [1.165, 1.54) is 24.0 Å². The maximum Gasteiger partial charge on any atom is 0.210 e. The molecule has 0 atom stereocenters. The number of oxime groups is 1. The number of fused-ring (bicyclic) bond motifs is 2. The first-order chi connectivity index (χ1) is 8.79. The van der Waals surface area contributed by atoms with Crippen LogP contribution >= 0.6 is 0 Å². The van der Waals surface area contributed by atoms with Crippen molar-refractivity contribution in [2.75, 3.05) is 0 Å². The van der Waals surface area contributed by atoms with Gasteiger partial charge >= 0.3 is 0 Å². The maximum atomic E-state index is 12.3. The first-order valence-electron chi connectivity index (χ1n) is 6.70. The van der Waals surface area contributed by atoms with Gasteiger partial charge < -0.3 is 5.21 Å². The molecule has 0 saturated carbocycles. The lowest BCUT2D eigenvalue weighted by Gasteiger charge is -2.18. The van der Waals surface area contributed by atoms with Crippen molar-refractivity contribution < 1.29 is 10.0 Å². The van der Waals surface area contributed by atoms with Gasteiger partial charge in [-0.05, 0) is 67.7 Å². The lowest BCUT2D eigenvalue weighted by atomic mass is 9.86. The van der Waals surface area contributed by atoms with Gasteiger partial charge in [0.25, 0.3) is 0 Å². The van der Waals surface area contributed by atoms with E-state index < -0.39 is 0 Å². The number of rotatable bonds is 0. The van der Waals surface area contributed by atoms with Crippen molar-refractivity contribution in [2.24, 2.45) is 5.16 Å². The lowest BCUT2D eigenvalue weighted by molar-refractivity contribution is 0.106. The van der Waals surface area contributed by atoms with Crippen molar-refractivity contribution in [1.82, 2.24) is 0 Å². The molecule has 2 aliphatic rings. The fraction of sp³-hybridized carbons (Fsp3) is 0.467. The molecule has 0 fully saturated rings. The van der Waals surface area contributed by atoms with Gasteiger partial charge in [0, 0.05) is 5.56 Å². The van der Waals surface area contributed by atoms with E-state index in [4.69, 9.17) is 5.21 Å². The molecule has 0 unspecified atom stereocenters. The zero-order valence-corrected chi connectivity index (χ0v) is 10.4. The summed E-state index contributed by atoms with van der Waals surface area (Å²) < 4.78 is 0. The van der Waals surface area contributed by atoms with E-state index in [1.807, 2.05) is 6.07 Å². The number of benzene rings is 1. The normalized spacial score (nSPS) is 21.3. The molecule has 1 N–H and O–H groups in total. The standard InChI is InChI=1S/C15H17NO2/c17-15-13-9-11-5-2-1-4-10(11)8-12(13)6-3-7-14(15)16-18/h8-9,18H,1-7H2/b16-14-. The molecule has 1 aromatic rings. The van der Waals surface area contributed by atoms with Gasteiger partial charge in [-0.2, -0.15) is 0 Å². The zero-order valence-electron chi connectivity index (χ0n) is 10.4. The van der Waals surface area contributed by atoms with Crippen LogP contribution < -0.4 is 0 Å². The molecule has 0 spiro atoms. The summed E-state index contributed by atoms with van der Waals surface area (Å²) in [6.45, 7) is 0. The Morgan fingerprint density at radius 3 is 2.28 bits per heavy atom. The van der Waals surface area contributed by atoms with Crippen LogP contribution in [0.4, 0.5) is 0 Å². The third-order valence-corrected chi connectivity index (χ3v) is 4.05. The van der Waals surface area contributed by atoms with E-state index in [2.05, 4.69) is 11.2 Å². The first kappa shape index (κ1) is 11.5. The summed E-state index contributed by atoms with van der Waals surface area (Å²) in [6.07, 6.45) is 7.04. The highest BCUT2D eigenvalue weighted by Gasteiger charge is 2.24. The minimum atomic E-state index is -0.0848. The number of hydrogen-bond acceptors (Lipinski definition) is 3. The maximum absolute atomic E-state index is 12.3. The third kappa shape index (κ3) is 1.84. The molecule has 0 bridgehead atoms. The molecule has 18 heavy (non-hydrogen) atoms. The van der Waals surface area contributed by atoms with Gasteiger partial charge in [-0.25, -0.2) is 0 Å². The Morgan fingerprint density at radius 2 is 1.56 bits per heavy atom. The van der Waals surface area contributed by atoms with Crippen LogP contribution in [0.15, 0.2) is 17.3 Å². The molecule has 0 aliphatic heterocycles. The lowest BCUT2D eigenvalue weighted by Crippen LogP contribution is -2.15. The molecule has 3 heteroatoms. The minimum Gasteiger partial charge on any atom is -0.411 e. The second kappa shape index (κ2) is 4.56. The Bertz CT molecular complexity index is 532. The Balaban J connectivity index is 2.11. The van der Waals surface area contributed by atoms with E-state index in [9.17, 15) is 4.79 Å². The van der Waals surface area contributed by atoms with Crippen LogP contribution in [0.25, 0.3) is 0 Å². The summed E-state index contributed by atoms with van der Waals surface area (Å²) in [7, 11) is 0. The van der Waals surface area contributed by atoms with Gasteiger partial charge in [-0.15, -0.1) is 0 Å². The predicted octanol–water partition coefficient (Wildman–Crippen LogP) is 2.91. The molecule has 0 heterocycles. The van der Waals surface area contributed by atoms with Gasteiger partial charge in [-0.1, -0.05) is 11.2 Å². The second-order valence-electron chi connectivity index (χ2n) is 5.21. The summed E-state index contributed by atoms with van der Waals surface area (Å²) in [4.78, 5) is 12.3. The Labute approximate surface area is 107 Å². The number of hydrogen-bond donors (Lipinski definition) is 1. The van der Waals surface area contributed by atoms with E-state index in [-0.39, 0.29) is 5.78 Å². The molecule has 94 valence electrons. The Hall–Kier alpha value is -1.64. The van der Waals surface area contributed by atoms with Crippen molar-refractivity contribution in [2.45, 2.75) is 44.9 Å². The molecule has 0 amide bonds. The highest BCUT2D eigenvalue weighted by Crippen LogP contribution is 2.28. The van der Waals surface area contributed by atoms with Crippen molar-refractivity contribution in [1.29, 1.82) is 0 Å². The van der Waals surface area contributed by atoms with Crippen LogP contribution in [0.3, 0.4) is 0 Å². The molecular weight excluding hydrogens is 226 g/mol. The number of aryl methyl sites for hydroxylation is 3. The van der Waals surface area contributed by atoms with Gasteiger partial charge in [0.05, 0.1) is 0 Å². The van der Waals surface area contributed by atoms with Crippen molar-refractivity contribution >= 4 is 11.5 Å². The van der Waals surface area contributed by atoms with Gasteiger partial charge in [0.2, 0.25) is 5.78 Å². The van der Waals surface area contributed by atoms with Crippen LogP contribution in [-0.2, 0) is 19.3 Å². The molecule has 3 nitrogen and oxygen atoms in total. The summed E-state index contributed by atoms with van der Waals surface area (Å²) in [5, 5.41) is 12.1. The number of carbonyl (C=O) groups is 1. The molecule has 0 radical (unpaired) electrons. The van der Waals surface area contributed by atoms with E-state index in [0.717, 1.165) is 36.8 Å². The quantitative estimate of drug-likeness (QED) is 0.432. The third-order valence-electron chi connectivity index (χ3n) is 4.05. The number of carbonyl (C=O) groups excluding carboxylic acids is 1. The zero-order chi connectivity index (χ0) is 12.5. The monoisotopic (exact) mass is 243 g/mol. The van der Waals surface area contributed by atoms with E-state index >= 15 is 0 Å². The number of Topliss-reactive ketones (excluding diaryl/α,β-unsaturated/α-hetero) is 1. The smallest absolute Gasteiger partial charge is 0.210 e. The second-order valence-corrected chi connectivity index (χ2v) is 5.21. The van der Waals surface area contributed by atoms with E-state index in [1.54, 1.807) is 0 Å². The first-order valence-corrected chi connectivity index (χ1v) is 6.70. The SMILES string of the molecule is O=C1/C(=N\O)CCCc2cc3c(cc21)CCCC3. The van der Waals surface area contributed by atoms with Crippen LogP contribution in [-0.4, -0.2) is 16.7 Å². The molecule has 2 aliphatic carbocycles. The molecule has 0 aromatic heterocycles. The largest absolute Gasteiger partial charge is 0.411 e. The van der Waals surface area contributed by atoms with Crippen molar-refractivity contribution in [3.63, 3.8) is 0 Å². The minimum absolute atomic E-state index is 0.0848. The van der Waals surface area contributed by atoms with Crippen LogP contribution in [0, 0.1) is 0 Å². The highest BCUT2D eigenvalue weighted by molar-refractivity contribution is 6.46. The van der Waals surface area contributed by atoms with E-state index in [0.29, 0.717) is 12.1 Å². The summed E-state index contributed by atoms with van der Waals surface area (Å²) >= 11 is 0. The molecular formula is C15H17NO2. The average molecular weight is 243 g/mol. The van der Waals surface area contributed by atoms with Gasteiger partial charge in [0.1, 0.15) is 5.71 Å².